The van der Waals surface area contributed by atoms with Gasteiger partial charge in [-0.3, -0.25) is 4.79 Å². The van der Waals surface area contributed by atoms with Crippen LogP contribution in [0.5, 0.6) is 5.75 Å². The molecule has 0 aliphatic rings. The number of likely N-dealkylation sites (N-methyl/N-ethyl adjacent to an activating group) is 1. The lowest BCUT2D eigenvalue weighted by Crippen LogP contribution is -2.40. The number of rotatable bonds is 11. The smallest absolute Gasteiger partial charge is 0.243 e. The minimum absolute atomic E-state index is 0.140. The Kier molecular flexibility index (Phi) is 7.81. The van der Waals surface area contributed by atoms with E-state index in [0.29, 0.717) is 18.9 Å². The molecule has 8 nitrogen and oxygen atoms in total. The van der Waals surface area contributed by atoms with Crippen LogP contribution in [0.2, 0.25) is 0 Å². The van der Waals surface area contributed by atoms with E-state index < -0.39 is 10.0 Å². The molecule has 0 spiro atoms. The highest BCUT2D eigenvalue weighted by Gasteiger charge is 2.25. The van der Waals surface area contributed by atoms with Crippen molar-refractivity contribution in [1.29, 1.82) is 0 Å². The number of aromatic nitrogens is 2. The van der Waals surface area contributed by atoms with Crippen molar-refractivity contribution in [3.63, 3.8) is 0 Å². The third kappa shape index (κ3) is 6.07. The number of amides is 1. The number of nitrogens with one attached hydrogen (secondary N) is 1. The van der Waals surface area contributed by atoms with Crippen molar-refractivity contribution in [2.24, 2.45) is 0 Å². The highest BCUT2D eigenvalue weighted by atomic mass is 32.2. The summed E-state index contributed by atoms with van der Waals surface area (Å²) in [5.74, 6) is 0.284. The molecule has 1 N–H and O–H groups in total. The molecule has 1 aromatic heterocycles. The molecule has 148 valence electrons. The molecule has 2 aromatic rings. The van der Waals surface area contributed by atoms with Crippen LogP contribution in [0.1, 0.15) is 20.3 Å². The van der Waals surface area contributed by atoms with Crippen molar-refractivity contribution in [3.05, 3.63) is 43.0 Å². The maximum absolute atomic E-state index is 12.7. The van der Waals surface area contributed by atoms with Gasteiger partial charge in [0.2, 0.25) is 15.9 Å². The zero-order valence-electron chi connectivity index (χ0n) is 15.7. The number of ether oxygens (including phenoxy) is 1. The van der Waals surface area contributed by atoms with Crippen LogP contribution in [0.4, 0.5) is 0 Å². The van der Waals surface area contributed by atoms with E-state index in [1.54, 1.807) is 31.6 Å². The molecule has 2 rings (SSSR count). The number of carbonyl (C=O) groups is 1. The van der Waals surface area contributed by atoms with Crippen molar-refractivity contribution < 1.29 is 17.9 Å². The van der Waals surface area contributed by atoms with E-state index >= 15 is 0 Å². The molecule has 9 heteroatoms. The second-order valence-corrected chi connectivity index (χ2v) is 7.78. The molecule has 1 aromatic carbocycles. The molecule has 0 fully saturated rings. The highest BCUT2D eigenvalue weighted by Crippen LogP contribution is 2.19. The Morgan fingerprint density at radius 1 is 1.26 bits per heavy atom. The summed E-state index contributed by atoms with van der Waals surface area (Å²) < 4.78 is 33.9. The number of hydrogen-bond acceptors (Lipinski definition) is 5. The fourth-order valence-electron chi connectivity index (χ4n) is 2.51. The monoisotopic (exact) mass is 394 g/mol. The fourth-order valence-corrected chi connectivity index (χ4v) is 3.92. The minimum Gasteiger partial charge on any atom is -0.494 e. The standard InChI is InChI=1S/C18H26N4O4S/c1-3-22(14-18(23)20-10-5-12-21-13-11-19-15-21)27(24,25)17-8-6-16(7-9-17)26-4-2/h6-9,11,13,15H,3-5,10,12,14H2,1-2H3,(H,20,23). The lowest BCUT2D eigenvalue weighted by molar-refractivity contribution is -0.121. The number of carbonyl (C=O) groups excluding carboxylic acids is 1. The molecule has 0 atom stereocenters. The molecular formula is C18H26N4O4S. The second-order valence-electron chi connectivity index (χ2n) is 5.84. The summed E-state index contributed by atoms with van der Waals surface area (Å²) in [7, 11) is -3.74. The first-order valence-corrected chi connectivity index (χ1v) is 10.4. The number of aryl methyl sites for hydroxylation is 1. The summed E-state index contributed by atoms with van der Waals surface area (Å²) in [5.41, 5.74) is 0. The van der Waals surface area contributed by atoms with Crippen LogP contribution in [0.3, 0.4) is 0 Å². The lowest BCUT2D eigenvalue weighted by Gasteiger charge is -2.20. The summed E-state index contributed by atoms with van der Waals surface area (Å²) >= 11 is 0. The number of imidazole rings is 1. The van der Waals surface area contributed by atoms with E-state index in [4.69, 9.17) is 4.74 Å². The largest absolute Gasteiger partial charge is 0.494 e. The molecular weight excluding hydrogens is 368 g/mol. The van der Waals surface area contributed by atoms with Gasteiger partial charge in [0.15, 0.2) is 0 Å². The van der Waals surface area contributed by atoms with Crippen LogP contribution >= 0.6 is 0 Å². The predicted molar refractivity (Wildman–Crippen MR) is 102 cm³/mol. The molecule has 1 amide bonds. The zero-order chi connectivity index (χ0) is 19.7. The van der Waals surface area contributed by atoms with Gasteiger partial charge in [-0.05, 0) is 37.6 Å². The third-order valence-corrected chi connectivity index (χ3v) is 5.85. The van der Waals surface area contributed by atoms with E-state index in [1.165, 1.54) is 12.1 Å². The van der Waals surface area contributed by atoms with Crippen LogP contribution in [-0.2, 0) is 21.4 Å². The quantitative estimate of drug-likeness (QED) is 0.583. The number of nitrogens with zero attached hydrogens (tertiary/aromatic N) is 3. The van der Waals surface area contributed by atoms with Gasteiger partial charge in [-0.25, -0.2) is 13.4 Å². The fraction of sp³-hybridized carbons (Fsp3) is 0.444. The van der Waals surface area contributed by atoms with Gasteiger partial charge < -0.3 is 14.6 Å². The molecule has 27 heavy (non-hydrogen) atoms. The second kappa shape index (κ2) is 10.1. The maximum Gasteiger partial charge on any atom is 0.243 e. The first kappa shape index (κ1) is 20.9. The predicted octanol–water partition coefficient (Wildman–Crippen LogP) is 1.50. The van der Waals surface area contributed by atoms with E-state index in [-0.39, 0.29) is 23.9 Å². The molecule has 0 unspecified atom stereocenters. The minimum atomic E-state index is -3.74. The Morgan fingerprint density at radius 3 is 2.59 bits per heavy atom. The number of benzene rings is 1. The van der Waals surface area contributed by atoms with Crippen LogP contribution in [0.15, 0.2) is 47.9 Å². The Bertz CT molecular complexity index is 804. The van der Waals surface area contributed by atoms with Crippen molar-refractivity contribution in [2.45, 2.75) is 31.7 Å². The molecule has 0 aliphatic heterocycles. The molecule has 1 heterocycles. The van der Waals surface area contributed by atoms with Crippen molar-refractivity contribution in [3.8, 4) is 5.75 Å². The van der Waals surface area contributed by atoms with Gasteiger partial charge in [-0.1, -0.05) is 6.92 Å². The molecule has 0 bridgehead atoms. The number of hydrogen-bond donors (Lipinski definition) is 1. The van der Waals surface area contributed by atoms with Gasteiger partial charge >= 0.3 is 0 Å². The lowest BCUT2D eigenvalue weighted by atomic mass is 10.3. The maximum atomic E-state index is 12.7. The van der Waals surface area contributed by atoms with Gasteiger partial charge in [0, 0.05) is 32.0 Å². The van der Waals surface area contributed by atoms with Crippen molar-refractivity contribution >= 4 is 15.9 Å². The third-order valence-electron chi connectivity index (χ3n) is 3.92. The highest BCUT2D eigenvalue weighted by molar-refractivity contribution is 7.89. The van der Waals surface area contributed by atoms with Crippen LogP contribution in [-0.4, -0.2) is 54.4 Å². The molecule has 0 radical (unpaired) electrons. The Labute approximate surface area is 160 Å². The summed E-state index contributed by atoms with van der Waals surface area (Å²) in [6, 6.07) is 6.21. The summed E-state index contributed by atoms with van der Waals surface area (Å²) in [6.07, 6.45) is 6.00. The Hall–Kier alpha value is -2.39. The van der Waals surface area contributed by atoms with Gasteiger partial charge in [-0.15, -0.1) is 0 Å². The molecule has 0 aliphatic carbocycles. The van der Waals surface area contributed by atoms with Gasteiger partial charge in [0.1, 0.15) is 5.75 Å². The normalized spacial score (nSPS) is 11.5. The van der Waals surface area contributed by atoms with Crippen LogP contribution < -0.4 is 10.1 Å². The topological polar surface area (TPSA) is 93.5 Å². The van der Waals surface area contributed by atoms with E-state index in [0.717, 1.165) is 17.3 Å². The molecule has 0 saturated carbocycles. The average Bonchev–Trinajstić information content (AvgIpc) is 3.17. The van der Waals surface area contributed by atoms with E-state index in [1.807, 2.05) is 17.7 Å². The zero-order valence-corrected chi connectivity index (χ0v) is 16.5. The summed E-state index contributed by atoms with van der Waals surface area (Å²) in [5, 5.41) is 2.76. The van der Waals surface area contributed by atoms with Gasteiger partial charge in [-0.2, -0.15) is 4.31 Å². The van der Waals surface area contributed by atoms with E-state index in [2.05, 4.69) is 10.3 Å². The molecule has 0 saturated heterocycles. The average molecular weight is 394 g/mol. The summed E-state index contributed by atoms with van der Waals surface area (Å²) in [4.78, 5) is 16.2. The first-order chi connectivity index (χ1) is 13.0. The SMILES string of the molecule is CCOc1ccc(S(=O)(=O)N(CC)CC(=O)NCCCn2ccnc2)cc1. The van der Waals surface area contributed by atoms with Crippen LogP contribution in [0.25, 0.3) is 0 Å². The first-order valence-electron chi connectivity index (χ1n) is 8.92. The van der Waals surface area contributed by atoms with Gasteiger partial charge in [0.05, 0.1) is 24.4 Å². The van der Waals surface area contributed by atoms with Crippen LogP contribution in [0, 0.1) is 0 Å². The van der Waals surface area contributed by atoms with Gasteiger partial charge in [0.25, 0.3) is 0 Å². The van der Waals surface area contributed by atoms with Crippen molar-refractivity contribution in [2.75, 3.05) is 26.2 Å². The summed E-state index contributed by atoms with van der Waals surface area (Å²) in [6.45, 7) is 5.28. The Morgan fingerprint density at radius 2 is 2.00 bits per heavy atom. The Balaban J connectivity index is 1.88. The number of sulfonamides is 1. The van der Waals surface area contributed by atoms with E-state index in [9.17, 15) is 13.2 Å². The van der Waals surface area contributed by atoms with Crippen molar-refractivity contribution in [1.82, 2.24) is 19.2 Å².